The van der Waals surface area contributed by atoms with Crippen LogP contribution in [0.15, 0.2) is 18.3 Å². The Morgan fingerprint density at radius 2 is 1.81 bits per heavy atom. The molecule has 7 nitrogen and oxygen atoms in total. The summed E-state index contributed by atoms with van der Waals surface area (Å²) in [6, 6.07) is 2.98. The van der Waals surface area contributed by atoms with E-state index in [1.807, 2.05) is 18.7 Å². The van der Waals surface area contributed by atoms with Gasteiger partial charge < -0.3 is 20.3 Å². The molecule has 0 saturated carbocycles. The number of rotatable bonds is 5. The molecule has 1 atom stereocenters. The quantitative estimate of drug-likeness (QED) is 0.786. The molecule has 2 heterocycles. The highest BCUT2D eigenvalue weighted by Gasteiger charge is 2.28. The minimum atomic E-state index is -0.444. The number of aromatic nitrogens is 1. The average Bonchev–Trinajstić information content (AvgIpc) is 2.61. The summed E-state index contributed by atoms with van der Waals surface area (Å²) in [6.07, 6.45) is 3.04. The first-order chi connectivity index (χ1) is 11.8. The summed E-state index contributed by atoms with van der Waals surface area (Å²) in [4.78, 5) is 31.7. The van der Waals surface area contributed by atoms with Crippen LogP contribution < -0.4 is 10.5 Å². The van der Waals surface area contributed by atoms with Gasteiger partial charge in [0.05, 0.1) is 11.6 Å². The number of amides is 2. The normalized spacial score (nSPS) is 15.4. The Morgan fingerprint density at radius 3 is 2.26 bits per heavy atom. The Bertz CT molecular complexity index is 603. The molecule has 2 rings (SSSR count). The van der Waals surface area contributed by atoms with E-state index in [0.29, 0.717) is 24.5 Å². The van der Waals surface area contributed by atoms with Gasteiger partial charge in [0.2, 0.25) is 11.8 Å². The van der Waals surface area contributed by atoms with Crippen LogP contribution in [0.25, 0.3) is 0 Å². The predicted molar refractivity (Wildman–Crippen MR) is 110 cm³/mol. The minimum absolute atomic E-state index is 0. The highest BCUT2D eigenvalue weighted by Crippen LogP contribution is 2.19. The zero-order valence-electron chi connectivity index (χ0n) is 16.3. The Balaban J connectivity index is 0.00000338. The summed E-state index contributed by atoms with van der Waals surface area (Å²) in [5.41, 5.74) is 6.47. The maximum absolute atomic E-state index is 12.3. The van der Waals surface area contributed by atoms with Gasteiger partial charge in [-0.15, -0.1) is 24.8 Å². The van der Waals surface area contributed by atoms with Crippen molar-refractivity contribution in [2.45, 2.75) is 38.8 Å². The molecule has 1 aromatic rings. The van der Waals surface area contributed by atoms with E-state index in [1.54, 1.807) is 26.2 Å². The third-order valence-corrected chi connectivity index (χ3v) is 4.43. The van der Waals surface area contributed by atoms with Crippen LogP contribution in [-0.4, -0.2) is 65.9 Å². The van der Waals surface area contributed by atoms with Gasteiger partial charge in [0, 0.05) is 52.3 Å². The third-order valence-electron chi connectivity index (χ3n) is 4.43. The lowest BCUT2D eigenvalue weighted by atomic mass is 10.0. The van der Waals surface area contributed by atoms with Crippen LogP contribution in [0, 0.1) is 5.92 Å². The smallest absolute Gasteiger partial charge is 0.254 e. The standard InChI is InChI=1S/C18H28N4O3.2ClH/c1-12(2)16(19)18(24)22-9-7-14(8-10-22)25-15-6-5-13(11-20-15)17(23)21(3)4;;/h5-6,11-12,14,16H,7-10,19H2,1-4H3;2*1H/t16-;;/m0../s1. The van der Waals surface area contributed by atoms with Crippen molar-refractivity contribution in [2.24, 2.45) is 11.7 Å². The molecule has 0 spiro atoms. The SMILES string of the molecule is CC(C)[C@H](N)C(=O)N1CCC(Oc2ccc(C(=O)N(C)C)cn2)CC1.Cl.Cl. The van der Waals surface area contributed by atoms with Crippen LogP contribution in [0.1, 0.15) is 37.0 Å². The van der Waals surface area contributed by atoms with E-state index in [-0.39, 0.29) is 48.7 Å². The van der Waals surface area contributed by atoms with E-state index in [9.17, 15) is 9.59 Å². The molecular formula is C18H30Cl2N4O3. The monoisotopic (exact) mass is 420 g/mol. The van der Waals surface area contributed by atoms with Gasteiger partial charge >= 0.3 is 0 Å². The third kappa shape index (κ3) is 6.83. The molecular weight excluding hydrogens is 391 g/mol. The van der Waals surface area contributed by atoms with Gasteiger partial charge in [-0.2, -0.15) is 0 Å². The van der Waals surface area contributed by atoms with Crippen molar-refractivity contribution < 1.29 is 14.3 Å². The maximum atomic E-state index is 12.3. The van der Waals surface area contributed by atoms with Gasteiger partial charge in [-0.1, -0.05) is 13.8 Å². The van der Waals surface area contributed by atoms with Crippen molar-refractivity contribution in [3.63, 3.8) is 0 Å². The number of likely N-dealkylation sites (tertiary alicyclic amines) is 1. The number of piperidine rings is 1. The Hall–Kier alpha value is -1.57. The molecule has 2 amide bonds. The van der Waals surface area contributed by atoms with Crippen LogP contribution in [0.5, 0.6) is 5.88 Å². The van der Waals surface area contributed by atoms with Gasteiger partial charge in [-0.25, -0.2) is 4.98 Å². The summed E-state index contributed by atoms with van der Waals surface area (Å²) in [6.45, 7) is 5.19. The molecule has 154 valence electrons. The van der Waals surface area contributed by atoms with Crippen molar-refractivity contribution in [3.05, 3.63) is 23.9 Å². The number of ether oxygens (including phenoxy) is 1. The first kappa shape index (κ1) is 25.4. The lowest BCUT2D eigenvalue weighted by molar-refractivity contribution is -0.135. The minimum Gasteiger partial charge on any atom is -0.474 e. The van der Waals surface area contributed by atoms with E-state index >= 15 is 0 Å². The molecule has 1 aromatic heterocycles. The van der Waals surface area contributed by atoms with Gasteiger partial charge in [-0.05, 0) is 12.0 Å². The molecule has 1 aliphatic rings. The van der Waals surface area contributed by atoms with Crippen molar-refractivity contribution in [1.82, 2.24) is 14.8 Å². The number of halogens is 2. The zero-order valence-corrected chi connectivity index (χ0v) is 17.9. The van der Waals surface area contributed by atoms with Gasteiger partial charge in [-0.3, -0.25) is 9.59 Å². The van der Waals surface area contributed by atoms with Crippen LogP contribution in [0.2, 0.25) is 0 Å². The average molecular weight is 421 g/mol. The topological polar surface area (TPSA) is 88.8 Å². The molecule has 1 aliphatic heterocycles. The van der Waals surface area contributed by atoms with Crippen LogP contribution >= 0.6 is 24.8 Å². The maximum Gasteiger partial charge on any atom is 0.254 e. The Kier molecular flexibility index (Phi) is 10.7. The number of carbonyl (C=O) groups is 2. The summed E-state index contributed by atoms with van der Waals surface area (Å²) < 4.78 is 5.88. The van der Waals surface area contributed by atoms with Gasteiger partial charge in [0.1, 0.15) is 6.10 Å². The first-order valence-corrected chi connectivity index (χ1v) is 8.68. The first-order valence-electron chi connectivity index (χ1n) is 8.68. The number of carbonyl (C=O) groups excluding carboxylic acids is 2. The van der Waals surface area contributed by atoms with Gasteiger partial charge in [0.25, 0.3) is 5.91 Å². The molecule has 0 radical (unpaired) electrons. The molecule has 27 heavy (non-hydrogen) atoms. The molecule has 0 aromatic carbocycles. The Morgan fingerprint density at radius 1 is 1.22 bits per heavy atom. The van der Waals surface area contributed by atoms with E-state index in [0.717, 1.165) is 12.8 Å². The second-order valence-corrected chi connectivity index (χ2v) is 7.00. The number of hydrogen-bond donors (Lipinski definition) is 1. The fourth-order valence-electron chi connectivity index (χ4n) is 2.70. The highest BCUT2D eigenvalue weighted by atomic mass is 35.5. The van der Waals surface area contributed by atoms with E-state index in [2.05, 4.69) is 4.98 Å². The highest BCUT2D eigenvalue weighted by molar-refractivity contribution is 5.93. The van der Waals surface area contributed by atoms with Crippen molar-refractivity contribution in [3.8, 4) is 5.88 Å². The van der Waals surface area contributed by atoms with Crippen LogP contribution in [0.4, 0.5) is 0 Å². The predicted octanol–water partition coefficient (Wildman–Crippen LogP) is 1.98. The molecule has 1 fully saturated rings. The molecule has 0 bridgehead atoms. The summed E-state index contributed by atoms with van der Waals surface area (Å²) in [5.74, 6) is 0.554. The molecule has 1 saturated heterocycles. The number of pyridine rings is 1. The van der Waals surface area contributed by atoms with E-state index < -0.39 is 6.04 Å². The lowest BCUT2D eigenvalue weighted by Gasteiger charge is -2.34. The molecule has 2 N–H and O–H groups in total. The lowest BCUT2D eigenvalue weighted by Crippen LogP contribution is -2.50. The Labute approximate surface area is 173 Å². The van der Waals surface area contributed by atoms with Crippen molar-refractivity contribution in [1.29, 1.82) is 0 Å². The zero-order chi connectivity index (χ0) is 18.6. The van der Waals surface area contributed by atoms with Gasteiger partial charge in [0.15, 0.2) is 0 Å². The fraction of sp³-hybridized carbons (Fsp3) is 0.611. The molecule has 0 aliphatic carbocycles. The molecule has 0 unspecified atom stereocenters. The second-order valence-electron chi connectivity index (χ2n) is 7.00. The largest absolute Gasteiger partial charge is 0.474 e. The van der Waals surface area contributed by atoms with Crippen LogP contribution in [0.3, 0.4) is 0 Å². The van der Waals surface area contributed by atoms with Crippen molar-refractivity contribution in [2.75, 3.05) is 27.2 Å². The van der Waals surface area contributed by atoms with E-state index in [1.165, 1.54) is 11.1 Å². The summed E-state index contributed by atoms with van der Waals surface area (Å²) >= 11 is 0. The number of hydrogen-bond acceptors (Lipinski definition) is 5. The second kappa shape index (κ2) is 11.3. The molecule has 9 heteroatoms. The number of nitrogens with zero attached hydrogens (tertiary/aromatic N) is 3. The summed E-state index contributed by atoms with van der Waals surface area (Å²) in [7, 11) is 3.40. The van der Waals surface area contributed by atoms with Crippen molar-refractivity contribution >= 4 is 36.6 Å². The number of nitrogens with two attached hydrogens (primary N) is 1. The summed E-state index contributed by atoms with van der Waals surface area (Å²) in [5, 5.41) is 0. The van der Waals surface area contributed by atoms with E-state index in [4.69, 9.17) is 10.5 Å². The fourth-order valence-corrected chi connectivity index (χ4v) is 2.70. The van der Waals surface area contributed by atoms with Crippen LogP contribution in [-0.2, 0) is 4.79 Å².